The maximum atomic E-state index is 13.1. The number of oxime groups is 1. The van der Waals surface area contributed by atoms with Gasteiger partial charge >= 0.3 is 0 Å². The van der Waals surface area contributed by atoms with E-state index < -0.39 is 5.41 Å². The Morgan fingerprint density at radius 2 is 2.04 bits per heavy atom. The molecule has 0 heterocycles. The number of ether oxygens (including phenoxy) is 1. The number of fused-ring (bicyclic) bond motifs is 2. The average molecular weight is 316 g/mol. The molecular weight excluding hydrogens is 292 g/mol. The van der Waals surface area contributed by atoms with Gasteiger partial charge in [0.25, 0.3) is 0 Å². The summed E-state index contributed by atoms with van der Waals surface area (Å²) in [7, 11) is 1.60. The molecule has 5 nitrogen and oxygen atoms in total. The van der Waals surface area contributed by atoms with E-state index in [9.17, 15) is 10.0 Å². The molecular formula is C18H24N2O3. The van der Waals surface area contributed by atoms with Crippen molar-refractivity contribution in [2.45, 2.75) is 40.0 Å². The third kappa shape index (κ3) is 1.92. The third-order valence-electron chi connectivity index (χ3n) is 6.62. The SMILES string of the molecule is COc1cccc(NC(=O)C23CCC(C)(/C(=N/O)C2)C3(C)C)c1. The summed E-state index contributed by atoms with van der Waals surface area (Å²) in [6, 6.07) is 7.36. The second-order valence-electron chi connectivity index (χ2n) is 7.45. The summed E-state index contributed by atoms with van der Waals surface area (Å²) in [6.07, 6.45) is 2.19. The average Bonchev–Trinajstić information content (AvgIpc) is 2.85. The standard InChI is InChI=1S/C18H24N2O3/c1-16(2)17(3)8-9-18(16,11-14(17)20-22)15(21)19-12-6-5-7-13(10-12)23-4/h5-7,10,22H,8-9,11H2,1-4H3,(H,19,21)/b20-14+. The van der Waals surface area contributed by atoms with Crippen LogP contribution in [0.3, 0.4) is 0 Å². The molecule has 3 rings (SSSR count). The Kier molecular flexibility index (Phi) is 3.43. The molecule has 0 saturated heterocycles. The smallest absolute Gasteiger partial charge is 0.231 e. The normalized spacial score (nSPS) is 33.0. The second kappa shape index (κ2) is 4.98. The Morgan fingerprint density at radius 1 is 1.30 bits per heavy atom. The van der Waals surface area contributed by atoms with Crippen LogP contribution in [0.15, 0.2) is 29.4 Å². The fourth-order valence-electron chi connectivity index (χ4n) is 4.49. The molecule has 5 heteroatoms. The molecule has 0 radical (unpaired) electrons. The van der Waals surface area contributed by atoms with Crippen molar-refractivity contribution < 1.29 is 14.7 Å². The van der Waals surface area contributed by atoms with Crippen molar-refractivity contribution >= 4 is 17.3 Å². The molecule has 23 heavy (non-hydrogen) atoms. The van der Waals surface area contributed by atoms with Gasteiger partial charge < -0.3 is 15.3 Å². The summed E-state index contributed by atoms with van der Waals surface area (Å²) < 4.78 is 5.21. The highest BCUT2D eigenvalue weighted by Gasteiger charge is 2.71. The zero-order valence-electron chi connectivity index (χ0n) is 14.1. The molecule has 1 aromatic carbocycles. The number of nitrogens with zero attached hydrogens (tertiary/aromatic N) is 1. The highest BCUT2D eigenvalue weighted by atomic mass is 16.5. The van der Waals surface area contributed by atoms with Crippen LogP contribution in [0, 0.1) is 16.2 Å². The van der Waals surface area contributed by atoms with Gasteiger partial charge in [-0.1, -0.05) is 32.0 Å². The minimum absolute atomic E-state index is 0.00173. The lowest BCUT2D eigenvalue weighted by molar-refractivity contribution is -0.130. The summed E-state index contributed by atoms with van der Waals surface area (Å²) in [5.74, 6) is 0.706. The molecule has 2 N–H and O–H groups in total. The van der Waals surface area contributed by atoms with Crippen LogP contribution in [0.1, 0.15) is 40.0 Å². The largest absolute Gasteiger partial charge is 0.497 e. The molecule has 2 unspecified atom stereocenters. The molecule has 0 aromatic heterocycles. The van der Waals surface area contributed by atoms with E-state index in [0.717, 1.165) is 24.2 Å². The van der Waals surface area contributed by atoms with Gasteiger partial charge in [-0.2, -0.15) is 0 Å². The van der Waals surface area contributed by atoms with E-state index >= 15 is 0 Å². The number of carbonyl (C=O) groups excluding carboxylic acids is 1. The highest BCUT2D eigenvalue weighted by Crippen LogP contribution is 2.71. The summed E-state index contributed by atoms with van der Waals surface area (Å²) in [4.78, 5) is 13.1. The molecule has 2 fully saturated rings. The third-order valence-corrected chi connectivity index (χ3v) is 6.62. The van der Waals surface area contributed by atoms with E-state index in [1.54, 1.807) is 7.11 Å². The lowest BCUT2D eigenvalue weighted by Gasteiger charge is -2.39. The van der Waals surface area contributed by atoms with Crippen LogP contribution in [0.25, 0.3) is 0 Å². The second-order valence-corrected chi connectivity index (χ2v) is 7.45. The molecule has 2 aliphatic carbocycles. The number of rotatable bonds is 3. The summed E-state index contributed by atoms with van der Waals surface area (Å²) in [5, 5.41) is 15.9. The molecule has 1 amide bonds. The molecule has 0 aliphatic heterocycles. The van der Waals surface area contributed by atoms with Crippen LogP contribution in [0.2, 0.25) is 0 Å². The van der Waals surface area contributed by atoms with Gasteiger partial charge in [0, 0.05) is 23.6 Å². The van der Waals surface area contributed by atoms with Crippen LogP contribution in [-0.2, 0) is 4.79 Å². The molecule has 2 bridgehead atoms. The van der Waals surface area contributed by atoms with E-state index in [2.05, 4.69) is 31.2 Å². The van der Waals surface area contributed by atoms with Crippen molar-refractivity contribution in [2.75, 3.05) is 12.4 Å². The quantitative estimate of drug-likeness (QED) is 0.660. The molecule has 124 valence electrons. The van der Waals surface area contributed by atoms with Gasteiger partial charge in [0.15, 0.2) is 0 Å². The van der Waals surface area contributed by atoms with E-state index in [1.165, 1.54) is 0 Å². The van der Waals surface area contributed by atoms with Crippen molar-refractivity contribution in [1.29, 1.82) is 0 Å². The Balaban J connectivity index is 1.93. The van der Waals surface area contributed by atoms with Gasteiger partial charge in [-0.15, -0.1) is 0 Å². The Bertz CT molecular complexity index is 683. The molecule has 2 saturated carbocycles. The number of benzene rings is 1. The van der Waals surface area contributed by atoms with Gasteiger partial charge in [0.1, 0.15) is 5.75 Å². The summed E-state index contributed by atoms with van der Waals surface area (Å²) >= 11 is 0. The Labute approximate surface area is 136 Å². The van der Waals surface area contributed by atoms with E-state index in [1.807, 2.05) is 24.3 Å². The lowest BCUT2D eigenvalue weighted by Crippen LogP contribution is -2.43. The summed E-state index contributed by atoms with van der Waals surface area (Å²) in [6.45, 7) is 6.34. The van der Waals surface area contributed by atoms with Gasteiger partial charge in [-0.05, 0) is 30.4 Å². The number of methoxy groups -OCH3 is 1. The number of anilines is 1. The first kappa shape index (κ1) is 15.8. The number of amides is 1. The molecule has 2 aliphatic rings. The monoisotopic (exact) mass is 316 g/mol. The molecule has 0 spiro atoms. The molecule has 1 aromatic rings. The van der Waals surface area contributed by atoms with Crippen LogP contribution < -0.4 is 10.1 Å². The first-order chi connectivity index (χ1) is 10.8. The van der Waals surface area contributed by atoms with Gasteiger partial charge in [0.2, 0.25) is 5.91 Å². The van der Waals surface area contributed by atoms with Crippen molar-refractivity contribution in [3.63, 3.8) is 0 Å². The van der Waals surface area contributed by atoms with E-state index in [4.69, 9.17) is 4.74 Å². The number of carbonyl (C=O) groups is 1. The highest BCUT2D eigenvalue weighted by molar-refractivity contribution is 6.06. The zero-order chi connectivity index (χ0) is 16.9. The lowest BCUT2D eigenvalue weighted by atomic mass is 9.64. The van der Waals surface area contributed by atoms with Crippen LogP contribution >= 0.6 is 0 Å². The maximum absolute atomic E-state index is 13.1. The summed E-state index contributed by atoms with van der Waals surface area (Å²) in [5.41, 5.74) is 0.446. The Hall–Kier alpha value is -2.04. The van der Waals surface area contributed by atoms with Crippen molar-refractivity contribution in [3.05, 3.63) is 24.3 Å². The van der Waals surface area contributed by atoms with E-state index in [0.29, 0.717) is 12.2 Å². The fraction of sp³-hybridized carbons (Fsp3) is 0.556. The van der Waals surface area contributed by atoms with E-state index in [-0.39, 0.29) is 16.7 Å². The predicted molar refractivity (Wildman–Crippen MR) is 89.0 cm³/mol. The van der Waals surface area contributed by atoms with Crippen LogP contribution in [0.5, 0.6) is 5.75 Å². The van der Waals surface area contributed by atoms with Crippen LogP contribution in [-0.4, -0.2) is 23.9 Å². The first-order valence-corrected chi connectivity index (χ1v) is 7.98. The topological polar surface area (TPSA) is 70.9 Å². The van der Waals surface area contributed by atoms with Gasteiger partial charge in [0.05, 0.1) is 18.2 Å². The number of hydrogen-bond donors (Lipinski definition) is 2. The maximum Gasteiger partial charge on any atom is 0.231 e. The van der Waals surface area contributed by atoms with Crippen molar-refractivity contribution in [2.24, 2.45) is 21.4 Å². The van der Waals surface area contributed by atoms with Crippen LogP contribution in [0.4, 0.5) is 5.69 Å². The van der Waals surface area contributed by atoms with Crippen molar-refractivity contribution in [3.8, 4) is 5.75 Å². The van der Waals surface area contributed by atoms with Gasteiger partial charge in [-0.3, -0.25) is 4.79 Å². The predicted octanol–water partition coefficient (Wildman–Crippen LogP) is 3.68. The zero-order valence-corrected chi connectivity index (χ0v) is 14.1. The minimum atomic E-state index is -0.535. The minimum Gasteiger partial charge on any atom is -0.497 e. The fourth-order valence-corrected chi connectivity index (χ4v) is 4.49. The number of nitrogens with one attached hydrogen (secondary N) is 1. The van der Waals surface area contributed by atoms with Gasteiger partial charge in [-0.25, -0.2) is 0 Å². The number of hydrogen-bond acceptors (Lipinski definition) is 4. The Morgan fingerprint density at radius 3 is 2.65 bits per heavy atom. The first-order valence-electron chi connectivity index (χ1n) is 7.98. The van der Waals surface area contributed by atoms with Crippen molar-refractivity contribution in [1.82, 2.24) is 0 Å². The molecule has 2 atom stereocenters.